The highest BCUT2D eigenvalue weighted by atomic mass is 79.9. The van der Waals surface area contributed by atoms with Gasteiger partial charge in [-0.05, 0) is 67.8 Å². The Kier molecular flexibility index (Phi) is 4.26. The van der Waals surface area contributed by atoms with Crippen molar-refractivity contribution in [1.82, 2.24) is 10.2 Å². The summed E-state index contributed by atoms with van der Waals surface area (Å²) in [6.07, 6.45) is 1.44. The van der Waals surface area contributed by atoms with E-state index in [1.807, 2.05) is 0 Å². The second kappa shape index (κ2) is 5.63. The maximum Gasteiger partial charge on any atom is 0.265 e. The van der Waals surface area contributed by atoms with Gasteiger partial charge in [0.05, 0.1) is 8.95 Å². The SMILES string of the molecule is CN1C(=O)/C(=C/c2cc(Br)c(O)c(Br)c2)C(=O)NC1=S. The molecule has 0 unspecified atom stereocenters. The molecule has 1 aromatic carbocycles. The van der Waals surface area contributed by atoms with Crippen molar-refractivity contribution in [2.75, 3.05) is 7.05 Å². The number of nitrogens with zero attached hydrogens (tertiary/aromatic N) is 1. The lowest BCUT2D eigenvalue weighted by molar-refractivity contribution is -0.128. The van der Waals surface area contributed by atoms with Gasteiger partial charge in [0.1, 0.15) is 11.3 Å². The number of nitrogens with one attached hydrogen (secondary N) is 1. The summed E-state index contributed by atoms with van der Waals surface area (Å²) in [5.41, 5.74) is 0.562. The van der Waals surface area contributed by atoms with Gasteiger partial charge in [-0.25, -0.2) is 0 Å². The van der Waals surface area contributed by atoms with Crippen molar-refractivity contribution >= 4 is 67.1 Å². The van der Waals surface area contributed by atoms with Crippen LogP contribution in [0.2, 0.25) is 0 Å². The fraction of sp³-hybridized carbons (Fsp3) is 0.0833. The summed E-state index contributed by atoms with van der Waals surface area (Å²) in [5.74, 6) is -0.970. The van der Waals surface area contributed by atoms with E-state index in [9.17, 15) is 14.7 Å². The van der Waals surface area contributed by atoms with Crippen LogP contribution in [0.3, 0.4) is 0 Å². The van der Waals surface area contributed by atoms with Gasteiger partial charge in [-0.3, -0.25) is 19.8 Å². The first-order valence-corrected chi connectivity index (χ1v) is 7.33. The Hall–Kier alpha value is -1.25. The van der Waals surface area contributed by atoms with Gasteiger partial charge in [-0.2, -0.15) is 0 Å². The van der Waals surface area contributed by atoms with E-state index in [1.165, 1.54) is 18.0 Å². The molecule has 0 saturated carbocycles. The maximum atomic E-state index is 12.0. The van der Waals surface area contributed by atoms with Crippen LogP contribution in [0.1, 0.15) is 5.56 Å². The third kappa shape index (κ3) is 2.77. The molecule has 0 aromatic heterocycles. The average molecular weight is 420 g/mol. The van der Waals surface area contributed by atoms with Crippen molar-refractivity contribution in [1.29, 1.82) is 0 Å². The molecular formula is C12H8Br2N2O3S. The van der Waals surface area contributed by atoms with Crippen molar-refractivity contribution < 1.29 is 14.7 Å². The monoisotopic (exact) mass is 418 g/mol. The summed E-state index contributed by atoms with van der Waals surface area (Å²) < 4.78 is 0.900. The van der Waals surface area contributed by atoms with Crippen molar-refractivity contribution in [2.24, 2.45) is 0 Å². The topological polar surface area (TPSA) is 69.6 Å². The van der Waals surface area contributed by atoms with E-state index in [-0.39, 0.29) is 16.4 Å². The largest absolute Gasteiger partial charge is 0.506 e. The minimum atomic E-state index is -0.543. The molecule has 0 radical (unpaired) electrons. The summed E-state index contributed by atoms with van der Waals surface area (Å²) in [5, 5.41) is 12.1. The summed E-state index contributed by atoms with van der Waals surface area (Å²) in [6, 6.07) is 3.20. The van der Waals surface area contributed by atoms with E-state index in [1.54, 1.807) is 12.1 Å². The maximum absolute atomic E-state index is 12.0. The first-order valence-electron chi connectivity index (χ1n) is 5.34. The molecule has 0 aliphatic carbocycles. The molecule has 5 nitrogen and oxygen atoms in total. The normalized spacial score (nSPS) is 17.6. The zero-order valence-electron chi connectivity index (χ0n) is 10.1. The lowest BCUT2D eigenvalue weighted by Crippen LogP contribution is -2.52. The van der Waals surface area contributed by atoms with Gasteiger partial charge in [-0.15, -0.1) is 0 Å². The Morgan fingerprint density at radius 2 is 1.85 bits per heavy atom. The Morgan fingerprint density at radius 3 is 2.40 bits per heavy atom. The fourth-order valence-electron chi connectivity index (χ4n) is 1.58. The number of hydrogen-bond donors (Lipinski definition) is 2. The first-order chi connectivity index (χ1) is 9.31. The first kappa shape index (κ1) is 15.1. The zero-order valence-corrected chi connectivity index (χ0v) is 14.1. The van der Waals surface area contributed by atoms with E-state index in [0.717, 1.165) is 0 Å². The van der Waals surface area contributed by atoms with E-state index in [2.05, 4.69) is 37.2 Å². The van der Waals surface area contributed by atoms with Gasteiger partial charge in [-0.1, -0.05) is 0 Å². The number of phenolic OH excluding ortho intramolecular Hbond substituents is 1. The van der Waals surface area contributed by atoms with Gasteiger partial charge in [0.2, 0.25) is 0 Å². The Morgan fingerprint density at radius 1 is 1.30 bits per heavy atom. The van der Waals surface area contributed by atoms with Crippen molar-refractivity contribution in [3.05, 3.63) is 32.2 Å². The smallest absolute Gasteiger partial charge is 0.265 e. The van der Waals surface area contributed by atoms with Crippen LogP contribution in [-0.4, -0.2) is 34.0 Å². The molecule has 1 aromatic rings. The van der Waals surface area contributed by atoms with Gasteiger partial charge in [0.15, 0.2) is 5.11 Å². The van der Waals surface area contributed by atoms with Crippen molar-refractivity contribution in [3.8, 4) is 5.75 Å². The van der Waals surface area contributed by atoms with E-state index < -0.39 is 11.8 Å². The highest BCUT2D eigenvalue weighted by Gasteiger charge is 2.30. The van der Waals surface area contributed by atoms with Crippen LogP contribution in [0.4, 0.5) is 0 Å². The molecule has 2 rings (SSSR count). The predicted molar refractivity (Wildman–Crippen MR) is 85.0 cm³/mol. The molecule has 1 heterocycles. The van der Waals surface area contributed by atoms with Crippen LogP contribution in [0.15, 0.2) is 26.7 Å². The number of amides is 2. The minimum Gasteiger partial charge on any atom is -0.506 e. The van der Waals surface area contributed by atoms with Crippen molar-refractivity contribution in [2.45, 2.75) is 0 Å². The lowest BCUT2D eigenvalue weighted by atomic mass is 10.1. The molecule has 1 aliphatic rings. The predicted octanol–water partition coefficient (Wildman–Crippen LogP) is 2.17. The molecule has 104 valence electrons. The Balaban J connectivity index is 2.47. The van der Waals surface area contributed by atoms with Crippen LogP contribution < -0.4 is 5.32 Å². The number of halogens is 2. The van der Waals surface area contributed by atoms with E-state index in [0.29, 0.717) is 14.5 Å². The fourth-order valence-corrected chi connectivity index (χ4v) is 2.98. The third-order valence-electron chi connectivity index (χ3n) is 2.65. The van der Waals surface area contributed by atoms with Crippen LogP contribution in [0, 0.1) is 0 Å². The molecule has 0 atom stereocenters. The minimum absolute atomic E-state index is 0.0226. The molecular weight excluding hydrogens is 412 g/mol. The summed E-state index contributed by atoms with van der Waals surface area (Å²) in [7, 11) is 1.49. The number of carbonyl (C=O) groups is 2. The highest BCUT2D eigenvalue weighted by Crippen LogP contribution is 2.34. The summed E-state index contributed by atoms with van der Waals surface area (Å²) in [6.45, 7) is 0. The second-order valence-corrected chi connectivity index (χ2v) is 6.11. The van der Waals surface area contributed by atoms with E-state index in [4.69, 9.17) is 12.2 Å². The Labute approximate surface area is 136 Å². The van der Waals surface area contributed by atoms with Gasteiger partial charge in [0.25, 0.3) is 11.8 Å². The van der Waals surface area contributed by atoms with Crippen LogP contribution in [-0.2, 0) is 9.59 Å². The lowest BCUT2D eigenvalue weighted by Gasteiger charge is -2.25. The number of phenols is 1. The average Bonchev–Trinajstić information content (AvgIpc) is 2.38. The standard InChI is InChI=1S/C12H8Br2N2O3S/c1-16-11(19)6(10(18)15-12(16)20)2-5-3-7(13)9(17)8(14)4-5/h2-4,17H,1H3,(H,15,18,20)/b6-2+. The highest BCUT2D eigenvalue weighted by molar-refractivity contribution is 9.11. The van der Waals surface area contributed by atoms with Gasteiger partial charge < -0.3 is 5.11 Å². The van der Waals surface area contributed by atoms with E-state index >= 15 is 0 Å². The number of rotatable bonds is 1. The molecule has 0 spiro atoms. The molecule has 2 N–H and O–H groups in total. The number of carbonyl (C=O) groups excluding carboxylic acids is 2. The van der Waals surface area contributed by atoms with Crippen molar-refractivity contribution in [3.63, 3.8) is 0 Å². The molecule has 1 aliphatic heterocycles. The summed E-state index contributed by atoms with van der Waals surface area (Å²) in [4.78, 5) is 25.0. The van der Waals surface area contributed by atoms with Crippen LogP contribution in [0.25, 0.3) is 6.08 Å². The molecule has 2 amide bonds. The van der Waals surface area contributed by atoms with Gasteiger partial charge >= 0.3 is 0 Å². The van der Waals surface area contributed by atoms with Crippen LogP contribution in [0.5, 0.6) is 5.75 Å². The molecule has 8 heteroatoms. The number of likely N-dealkylation sites (N-methyl/N-ethyl adjacent to an activating group) is 1. The number of hydrogen-bond acceptors (Lipinski definition) is 4. The molecule has 0 bridgehead atoms. The Bertz CT molecular complexity index is 650. The summed E-state index contributed by atoms with van der Waals surface area (Å²) >= 11 is 11.2. The second-order valence-electron chi connectivity index (χ2n) is 4.01. The number of thiocarbonyl (C=S) groups is 1. The molecule has 1 fully saturated rings. The molecule has 1 saturated heterocycles. The van der Waals surface area contributed by atoms with Gasteiger partial charge in [0, 0.05) is 7.05 Å². The zero-order chi connectivity index (χ0) is 15.0. The molecule has 20 heavy (non-hydrogen) atoms. The number of aromatic hydroxyl groups is 1. The number of benzene rings is 1. The quantitative estimate of drug-likeness (QED) is 0.415. The van der Waals surface area contributed by atoms with Crippen LogP contribution >= 0.6 is 44.1 Å². The third-order valence-corrected chi connectivity index (χ3v) is 4.24.